The summed E-state index contributed by atoms with van der Waals surface area (Å²) >= 11 is 1.94. The molecule has 0 bridgehead atoms. The second-order valence-electron chi connectivity index (χ2n) is 6.51. The maximum absolute atomic E-state index is 12.8. The predicted octanol–water partition coefficient (Wildman–Crippen LogP) is 1.89. The lowest BCUT2D eigenvalue weighted by molar-refractivity contribution is -0.155. The Morgan fingerprint density at radius 3 is 2.20 bits per heavy atom. The van der Waals surface area contributed by atoms with Crippen molar-refractivity contribution < 1.29 is 9.59 Å². The number of thioether (sulfide) groups is 1. The molecule has 2 unspecified atom stereocenters. The van der Waals surface area contributed by atoms with Gasteiger partial charge in [0.25, 0.3) is 0 Å². The summed E-state index contributed by atoms with van der Waals surface area (Å²) in [5.74, 6) is 2.62. The number of nitrogens with one attached hydrogen (secondary N) is 1. The van der Waals surface area contributed by atoms with E-state index in [-0.39, 0.29) is 41.8 Å². The molecule has 20 heavy (non-hydrogen) atoms. The smallest absolute Gasteiger partial charge is 0.246 e. The lowest BCUT2D eigenvalue weighted by Crippen LogP contribution is -2.68. The predicted molar refractivity (Wildman–Crippen MR) is 82.6 cm³/mol. The Balaban J connectivity index is 2.28. The van der Waals surface area contributed by atoms with Gasteiger partial charge in [-0.25, -0.2) is 0 Å². The Labute approximate surface area is 126 Å². The molecule has 0 radical (unpaired) electrons. The minimum absolute atomic E-state index is 0.0246. The van der Waals surface area contributed by atoms with E-state index in [1.807, 2.05) is 44.4 Å². The molecule has 2 amide bonds. The molecule has 2 saturated heterocycles. The standard InChI is InChI=1S/C15H26N2O2S/c1-9(2)12-15(19)17(11-5-7-20-8-6-11)13(10(3)4)14(18)16-12/h9-13H,5-8H2,1-4H3,(H,16,18). The van der Waals surface area contributed by atoms with Crippen molar-refractivity contribution in [2.75, 3.05) is 11.5 Å². The van der Waals surface area contributed by atoms with Gasteiger partial charge in [0.05, 0.1) is 0 Å². The molecule has 0 saturated carbocycles. The van der Waals surface area contributed by atoms with Crippen molar-refractivity contribution in [3.63, 3.8) is 0 Å². The van der Waals surface area contributed by atoms with Gasteiger partial charge in [0.2, 0.25) is 11.8 Å². The molecule has 2 aliphatic heterocycles. The SMILES string of the molecule is CC(C)C1NC(=O)C(C(C)C)N(C2CCSCC2)C1=O. The molecular formula is C15H26N2O2S. The van der Waals surface area contributed by atoms with Gasteiger partial charge in [-0.05, 0) is 36.2 Å². The zero-order valence-electron chi connectivity index (χ0n) is 12.9. The second-order valence-corrected chi connectivity index (χ2v) is 7.73. The monoisotopic (exact) mass is 298 g/mol. The summed E-state index contributed by atoms with van der Waals surface area (Å²) in [6, 6.07) is -0.416. The maximum atomic E-state index is 12.8. The normalized spacial score (nSPS) is 29.2. The summed E-state index contributed by atoms with van der Waals surface area (Å²) in [4.78, 5) is 27.2. The summed E-state index contributed by atoms with van der Waals surface area (Å²) in [5.41, 5.74) is 0. The average Bonchev–Trinajstić information content (AvgIpc) is 2.40. The highest BCUT2D eigenvalue weighted by Crippen LogP contribution is 2.29. The van der Waals surface area contributed by atoms with Gasteiger partial charge in [-0.1, -0.05) is 27.7 Å². The van der Waals surface area contributed by atoms with Gasteiger partial charge >= 0.3 is 0 Å². The first-order valence-electron chi connectivity index (χ1n) is 7.63. The van der Waals surface area contributed by atoms with Gasteiger partial charge in [-0.15, -0.1) is 0 Å². The maximum Gasteiger partial charge on any atom is 0.246 e. The largest absolute Gasteiger partial charge is 0.342 e. The van der Waals surface area contributed by atoms with Crippen molar-refractivity contribution >= 4 is 23.6 Å². The van der Waals surface area contributed by atoms with Crippen LogP contribution in [0.1, 0.15) is 40.5 Å². The lowest BCUT2D eigenvalue weighted by Gasteiger charge is -2.46. The first kappa shape index (κ1) is 15.7. The van der Waals surface area contributed by atoms with Crippen LogP contribution in [0.4, 0.5) is 0 Å². The summed E-state index contributed by atoms with van der Waals surface area (Å²) in [6.07, 6.45) is 2.02. The number of hydrogen-bond acceptors (Lipinski definition) is 3. The molecule has 5 heteroatoms. The van der Waals surface area contributed by atoms with E-state index in [9.17, 15) is 9.59 Å². The van der Waals surface area contributed by atoms with Crippen LogP contribution in [0.2, 0.25) is 0 Å². The third-order valence-corrected chi connectivity index (χ3v) is 5.32. The molecule has 0 spiro atoms. The molecule has 2 heterocycles. The average molecular weight is 298 g/mol. The summed E-state index contributed by atoms with van der Waals surface area (Å²) in [5, 5.41) is 2.93. The fourth-order valence-electron chi connectivity index (χ4n) is 3.17. The van der Waals surface area contributed by atoms with Crippen LogP contribution in [0.15, 0.2) is 0 Å². The molecule has 2 fully saturated rings. The number of piperazine rings is 1. The third-order valence-electron chi connectivity index (χ3n) is 4.27. The van der Waals surface area contributed by atoms with E-state index < -0.39 is 0 Å². The van der Waals surface area contributed by atoms with Gasteiger partial charge in [0, 0.05) is 6.04 Å². The Morgan fingerprint density at radius 1 is 1.10 bits per heavy atom. The topological polar surface area (TPSA) is 49.4 Å². The van der Waals surface area contributed by atoms with Crippen molar-refractivity contribution in [1.29, 1.82) is 0 Å². The molecule has 1 N–H and O–H groups in total. The minimum atomic E-state index is -0.355. The van der Waals surface area contributed by atoms with E-state index in [1.54, 1.807) is 0 Å². The zero-order chi connectivity index (χ0) is 14.9. The highest BCUT2D eigenvalue weighted by molar-refractivity contribution is 7.99. The van der Waals surface area contributed by atoms with Crippen molar-refractivity contribution in [2.45, 2.75) is 58.7 Å². The lowest BCUT2D eigenvalue weighted by atomic mass is 9.90. The minimum Gasteiger partial charge on any atom is -0.342 e. The van der Waals surface area contributed by atoms with Gasteiger partial charge < -0.3 is 10.2 Å². The zero-order valence-corrected chi connectivity index (χ0v) is 13.7. The Bertz CT molecular complexity index is 378. The van der Waals surface area contributed by atoms with Crippen LogP contribution in [0.5, 0.6) is 0 Å². The fourth-order valence-corrected chi connectivity index (χ4v) is 4.25. The number of hydrogen-bond donors (Lipinski definition) is 1. The number of nitrogens with zero attached hydrogens (tertiary/aromatic N) is 1. The van der Waals surface area contributed by atoms with E-state index in [0.717, 1.165) is 24.3 Å². The summed E-state index contributed by atoms with van der Waals surface area (Å²) in [7, 11) is 0. The number of carbonyl (C=O) groups is 2. The Morgan fingerprint density at radius 2 is 1.70 bits per heavy atom. The number of amides is 2. The molecule has 2 rings (SSSR count). The van der Waals surface area contributed by atoms with E-state index >= 15 is 0 Å². The number of rotatable bonds is 3. The van der Waals surface area contributed by atoms with Crippen LogP contribution in [0.3, 0.4) is 0 Å². The molecule has 0 aromatic rings. The van der Waals surface area contributed by atoms with Crippen molar-refractivity contribution in [2.24, 2.45) is 11.8 Å². The van der Waals surface area contributed by atoms with Crippen molar-refractivity contribution in [3.05, 3.63) is 0 Å². The van der Waals surface area contributed by atoms with Crippen molar-refractivity contribution in [1.82, 2.24) is 10.2 Å². The van der Waals surface area contributed by atoms with Crippen LogP contribution in [0.25, 0.3) is 0 Å². The van der Waals surface area contributed by atoms with Gasteiger partial charge in [-0.2, -0.15) is 11.8 Å². The highest BCUT2D eigenvalue weighted by atomic mass is 32.2. The molecule has 0 aromatic carbocycles. The number of carbonyl (C=O) groups excluding carboxylic acids is 2. The van der Waals surface area contributed by atoms with E-state index in [0.29, 0.717) is 0 Å². The van der Waals surface area contributed by atoms with E-state index in [4.69, 9.17) is 0 Å². The summed E-state index contributed by atoms with van der Waals surface area (Å²) in [6.45, 7) is 8.04. The quantitative estimate of drug-likeness (QED) is 0.865. The van der Waals surface area contributed by atoms with Crippen LogP contribution in [-0.2, 0) is 9.59 Å². The van der Waals surface area contributed by atoms with Crippen molar-refractivity contribution in [3.8, 4) is 0 Å². The molecule has 0 aliphatic carbocycles. The first-order chi connectivity index (χ1) is 9.43. The van der Waals surface area contributed by atoms with Gasteiger partial charge in [0.1, 0.15) is 12.1 Å². The van der Waals surface area contributed by atoms with Crippen LogP contribution >= 0.6 is 11.8 Å². The Kier molecular flexibility index (Phi) is 4.99. The Hall–Kier alpha value is -0.710. The third kappa shape index (κ3) is 2.97. The molecule has 2 aliphatic rings. The van der Waals surface area contributed by atoms with Crippen LogP contribution in [0, 0.1) is 11.8 Å². The van der Waals surface area contributed by atoms with Gasteiger partial charge in [0.15, 0.2) is 0 Å². The first-order valence-corrected chi connectivity index (χ1v) is 8.79. The molecular weight excluding hydrogens is 272 g/mol. The van der Waals surface area contributed by atoms with Crippen LogP contribution in [-0.4, -0.2) is 46.3 Å². The molecule has 2 atom stereocenters. The van der Waals surface area contributed by atoms with E-state index in [2.05, 4.69) is 5.32 Å². The molecule has 114 valence electrons. The van der Waals surface area contributed by atoms with Gasteiger partial charge in [-0.3, -0.25) is 9.59 Å². The van der Waals surface area contributed by atoms with E-state index in [1.165, 1.54) is 0 Å². The molecule has 0 aromatic heterocycles. The van der Waals surface area contributed by atoms with Crippen LogP contribution < -0.4 is 5.32 Å². The second kappa shape index (κ2) is 6.37. The highest BCUT2D eigenvalue weighted by Gasteiger charge is 2.45. The molecule has 4 nitrogen and oxygen atoms in total. The summed E-state index contributed by atoms with van der Waals surface area (Å²) < 4.78 is 0. The fraction of sp³-hybridized carbons (Fsp3) is 0.867.